The zero-order chi connectivity index (χ0) is 14.1. The lowest BCUT2D eigenvalue weighted by atomic mass is 9.78. The van der Waals surface area contributed by atoms with Crippen LogP contribution in [0.1, 0.15) is 24.8 Å². The topological polar surface area (TPSA) is 116 Å². The van der Waals surface area contributed by atoms with Crippen molar-refractivity contribution in [3.63, 3.8) is 0 Å². The summed E-state index contributed by atoms with van der Waals surface area (Å²) >= 11 is 0. The van der Waals surface area contributed by atoms with Gasteiger partial charge in [0.2, 0.25) is 10.0 Å². The molecule has 0 heterocycles. The maximum absolute atomic E-state index is 12.3. The average Bonchev–Trinajstić information content (AvgIpc) is 2.33. The van der Waals surface area contributed by atoms with Crippen molar-refractivity contribution in [1.82, 2.24) is 4.72 Å². The van der Waals surface area contributed by atoms with E-state index in [0.717, 1.165) is 6.42 Å². The molecule has 0 saturated heterocycles. The third-order valence-corrected chi connectivity index (χ3v) is 5.01. The van der Waals surface area contributed by atoms with E-state index in [2.05, 4.69) is 4.72 Å². The van der Waals surface area contributed by atoms with E-state index in [9.17, 15) is 13.5 Å². The van der Waals surface area contributed by atoms with Crippen molar-refractivity contribution in [2.45, 2.75) is 29.7 Å². The smallest absolute Gasteiger partial charge is 0.242 e. The standard InChI is InChI=1S/C12H15N3O3S/c13-7-9-6-10(14)2-3-11(9)19(17,18)15-12(8-16)4-1-5-12/h2-3,6,15-16H,1,4-5,8,14H2. The van der Waals surface area contributed by atoms with Crippen LogP contribution in [0.25, 0.3) is 0 Å². The molecule has 0 bridgehead atoms. The maximum atomic E-state index is 12.3. The number of sulfonamides is 1. The minimum absolute atomic E-state index is 0.0000803. The fourth-order valence-corrected chi connectivity index (χ4v) is 3.70. The number of nitrogen functional groups attached to an aromatic ring is 1. The first-order chi connectivity index (χ1) is 8.92. The summed E-state index contributed by atoms with van der Waals surface area (Å²) < 4.78 is 27.0. The third-order valence-electron chi connectivity index (χ3n) is 3.38. The van der Waals surface area contributed by atoms with E-state index < -0.39 is 15.6 Å². The molecule has 0 aromatic heterocycles. The molecule has 0 spiro atoms. The minimum Gasteiger partial charge on any atom is -0.399 e. The first kappa shape index (κ1) is 13.8. The largest absolute Gasteiger partial charge is 0.399 e. The fourth-order valence-electron chi connectivity index (χ4n) is 2.11. The van der Waals surface area contributed by atoms with Crippen LogP contribution in [0, 0.1) is 11.3 Å². The van der Waals surface area contributed by atoms with Gasteiger partial charge in [-0.3, -0.25) is 0 Å². The summed E-state index contributed by atoms with van der Waals surface area (Å²) in [6.07, 6.45) is 2.06. The van der Waals surface area contributed by atoms with Gasteiger partial charge in [0.15, 0.2) is 0 Å². The van der Waals surface area contributed by atoms with Gasteiger partial charge in [0.1, 0.15) is 6.07 Å². The third kappa shape index (κ3) is 2.56. The highest BCUT2D eigenvalue weighted by Gasteiger charge is 2.40. The van der Waals surface area contributed by atoms with Crippen LogP contribution in [0.3, 0.4) is 0 Å². The number of rotatable bonds is 4. The molecule has 1 fully saturated rings. The number of hydrogen-bond donors (Lipinski definition) is 3. The van der Waals surface area contributed by atoms with Crippen LogP contribution in [0.15, 0.2) is 23.1 Å². The van der Waals surface area contributed by atoms with E-state index in [-0.39, 0.29) is 17.1 Å². The first-order valence-corrected chi connectivity index (χ1v) is 7.35. The first-order valence-electron chi connectivity index (χ1n) is 5.87. The summed E-state index contributed by atoms with van der Waals surface area (Å²) in [5, 5.41) is 18.3. The molecule has 1 aliphatic rings. The van der Waals surface area contributed by atoms with Gasteiger partial charge in [-0.05, 0) is 37.5 Å². The number of anilines is 1. The molecule has 102 valence electrons. The Morgan fingerprint density at radius 3 is 2.63 bits per heavy atom. The van der Waals surface area contributed by atoms with E-state index in [1.54, 1.807) is 0 Å². The second kappa shape index (κ2) is 4.81. The van der Waals surface area contributed by atoms with Gasteiger partial charge >= 0.3 is 0 Å². The molecule has 4 N–H and O–H groups in total. The molecule has 0 unspecified atom stereocenters. The summed E-state index contributed by atoms with van der Waals surface area (Å²) in [5.74, 6) is 0. The lowest BCUT2D eigenvalue weighted by molar-refractivity contribution is 0.110. The minimum atomic E-state index is -3.84. The summed E-state index contributed by atoms with van der Waals surface area (Å²) in [5.41, 5.74) is 5.08. The van der Waals surface area contributed by atoms with Crippen LogP contribution in [0.2, 0.25) is 0 Å². The van der Waals surface area contributed by atoms with E-state index in [1.165, 1.54) is 18.2 Å². The SMILES string of the molecule is N#Cc1cc(N)ccc1S(=O)(=O)NC1(CO)CCC1. The molecular formula is C12H15N3O3S. The second-order valence-electron chi connectivity index (χ2n) is 4.76. The Labute approximate surface area is 111 Å². The van der Waals surface area contributed by atoms with Gasteiger partial charge in [-0.25, -0.2) is 13.1 Å². The molecule has 7 heteroatoms. The number of hydrogen-bond acceptors (Lipinski definition) is 5. The van der Waals surface area contributed by atoms with E-state index >= 15 is 0 Å². The zero-order valence-corrected chi connectivity index (χ0v) is 11.1. The average molecular weight is 281 g/mol. The quantitative estimate of drug-likeness (QED) is 0.688. The van der Waals surface area contributed by atoms with Gasteiger partial charge in [-0.2, -0.15) is 5.26 Å². The Morgan fingerprint density at radius 2 is 2.16 bits per heavy atom. The maximum Gasteiger partial charge on any atom is 0.242 e. The van der Waals surface area contributed by atoms with Crippen molar-refractivity contribution in [3.8, 4) is 6.07 Å². The Balaban J connectivity index is 2.38. The summed E-state index contributed by atoms with van der Waals surface area (Å²) in [4.78, 5) is -0.107. The van der Waals surface area contributed by atoms with E-state index in [4.69, 9.17) is 11.0 Å². The fraction of sp³-hybridized carbons (Fsp3) is 0.417. The van der Waals surface area contributed by atoms with Crippen molar-refractivity contribution in [3.05, 3.63) is 23.8 Å². The predicted molar refractivity (Wildman–Crippen MR) is 69.6 cm³/mol. The lowest BCUT2D eigenvalue weighted by Crippen LogP contribution is -2.56. The highest BCUT2D eigenvalue weighted by molar-refractivity contribution is 7.89. The summed E-state index contributed by atoms with van der Waals surface area (Å²) in [6.45, 7) is -0.247. The molecule has 1 aliphatic carbocycles. The number of nitrogens with zero attached hydrogens (tertiary/aromatic N) is 1. The highest BCUT2D eigenvalue weighted by atomic mass is 32.2. The second-order valence-corrected chi connectivity index (χ2v) is 6.42. The summed E-state index contributed by atoms with van der Waals surface area (Å²) in [6, 6.07) is 5.88. The van der Waals surface area contributed by atoms with Crippen LogP contribution in [-0.4, -0.2) is 25.7 Å². The molecular weight excluding hydrogens is 266 g/mol. The molecule has 1 saturated carbocycles. The number of benzene rings is 1. The zero-order valence-electron chi connectivity index (χ0n) is 10.3. The molecule has 19 heavy (non-hydrogen) atoms. The highest BCUT2D eigenvalue weighted by Crippen LogP contribution is 2.33. The van der Waals surface area contributed by atoms with Gasteiger partial charge in [0.25, 0.3) is 0 Å². The van der Waals surface area contributed by atoms with Crippen molar-refractivity contribution in [2.75, 3.05) is 12.3 Å². The van der Waals surface area contributed by atoms with Gasteiger partial charge < -0.3 is 10.8 Å². The molecule has 1 aromatic rings. The summed E-state index contributed by atoms with van der Waals surface area (Å²) in [7, 11) is -3.84. The molecule has 1 aromatic carbocycles. The predicted octanol–water partition coefficient (Wildman–Crippen LogP) is 0.334. The molecule has 0 atom stereocenters. The normalized spacial score (nSPS) is 17.5. The van der Waals surface area contributed by atoms with Crippen LogP contribution in [0.5, 0.6) is 0 Å². The van der Waals surface area contributed by atoms with Crippen LogP contribution < -0.4 is 10.5 Å². The van der Waals surface area contributed by atoms with Crippen LogP contribution in [0.4, 0.5) is 5.69 Å². The Morgan fingerprint density at radius 1 is 1.47 bits per heavy atom. The number of aliphatic hydroxyl groups excluding tert-OH is 1. The molecule has 0 amide bonds. The Bertz CT molecular complexity index is 625. The van der Waals surface area contributed by atoms with Crippen molar-refractivity contribution >= 4 is 15.7 Å². The van der Waals surface area contributed by atoms with Gasteiger partial charge in [-0.15, -0.1) is 0 Å². The van der Waals surface area contributed by atoms with Gasteiger partial charge in [0.05, 0.1) is 22.6 Å². The van der Waals surface area contributed by atoms with E-state index in [1.807, 2.05) is 6.07 Å². The molecule has 0 aliphatic heterocycles. The molecule has 2 rings (SSSR count). The Kier molecular flexibility index (Phi) is 3.49. The number of nitrogens with two attached hydrogens (primary N) is 1. The molecule has 0 radical (unpaired) electrons. The van der Waals surface area contributed by atoms with Crippen molar-refractivity contribution in [2.24, 2.45) is 0 Å². The van der Waals surface area contributed by atoms with Gasteiger partial charge in [-0.1, -0.05) is 0 Å². The molecule has 6 nitrogen and oxygen atoms in total. The number of aliphatic hydroxyl groups is 1. The monoisotopic (exact) mass is 281 g/mol. The van der Waals surface area contributed by atoms with Gasteiger partial charge in [0, 0.05) is 5.69 Å². The van der Waals surface area contributed by atoms with Crippen molar-refractivity contribution in [1.29, 1.82) is 5.26 Å². The number of nitriles is 1. The van der Waals surface area contributed by atoms with Crippen molar-refractivity contribution < 1.29 is 13.5 Å². The van der Waals surface area contributed by atoms with E-state index in [0.29, 0.717) is 18.5 Å². The Hall–Kier alpha value is -1.62. The number of nitrogens with one attached hydrogen (secondary N) is 1. The lowest BCUT2D eigenvalue weighted by Gasteiger charge is -2.40. The van der Waals surface area contributed by atoms with Crippen LogP contribution in [-0.2, 0) is 10.0 Å². The van der Waals surface area contributed by atoms with Crippen LogP contribution >= 0.6 is 0 Å².